The van der Waals surface area contributed by atoms with Crippen molar-refractivity contribution in [1.82, 2.24) is 4.90 Å². The number of carbonyl (C=O) groups excluding carboxylic acids is 2. The largest absolute Gasteiger partial charge is 0.459 e. The first kappa shape index (κ1) is 25.4. The van der Waals surface area contributed by atoms with Crippen LogP contribution in [0.4, 0.5) is 30.6 Å². The Hall–Kier alpha value is -4.66. The fourth-order valence-electron chi connectivity index (χ4n) is 3.81. The monoisotopic (exact) mass is 504 g/mol. The number of furan rings is 1. The van der Waals surface area contributed by atoms with Crippen LogP contribution >= 0.6 is 0 Å². The van der Waals surface area contributed by atoms with Gasteiger partial charge in [-0.2, -0.15) is 0 Å². The van der Waals surface area contributed by atoms with Crippen molar-refractivity contribution in [3.63, 3.8) is 0 Å². The molecule has 0 aliphatic carbocycles. The average Bonchev–Trinajstić information content (AvgIpc) is 3.40. The Bertz CT molecular complexity index is 1370. The van der Waals surface area contributed by atoms with E-state index in [1.165, 1.54) is 41.5 Å². The van der Waals surface area contributed by atoms with E-state index in [-0.39, 0.29) is 24.7 Å². The molecule has 1 heterocycles. The maximum atomic E-state index is 13.7. The molecule has 0 bridgehead atoms. The number of anilines is 3. The van der Waals surface area contributed by atoms with Crippen LogP contribution < -0.4 is 15.5 Å². The van der Waals surface area contributed by atoms with Crippen molar-refractivity contribution in [3.8, 4) is 0 Å². The maximum Gasteiger partial charge on any atom is 0.322 e. The SMILES string of the molecule is CN(C)c1ccc(NC(=O)c2ccco2)cc1CN(Cc1ccc(F)cc1)C(=O)Nc1cccc(F)c1. The highest BCUT2D eigenvalue weighted by molar-refractivity contribution is 6.02. The molecular formula is C28H26F2N4O3. The molecule has 0 spiro atoms. The van der Waals surface area contributed by atoms with Gasteiger partial charge in [0.1, 0.15) is 11.6 Å². The van der Waals surface area contributed by atoms with Crippen LogP contribution in [-0.2, 0) is 13.1 Å². The van der Waals surface area contributed by atoms with Crippen LogP contribution in [0.5, 0.6) is 0 Å². The summed E-state index contributed by atoms with van der Waals surface area (Å²) in [6, 6.07) is 19.6. The predicted octanol–water partition coefficient (Wildman–Crippen LogP) is 6.11. The summed E-state index contributed by atoms with van der Waals surface area (Å²) in [4.78, 5) is 29.2. The summed E-state index contributed by atoms with van der Waals surface area (Å²) < 4.78 is 32.3. The summed E-state index contributed by atoms with van der Waals surface area (Å²) in [6.45, 7) is 0.313. The minimum Gasteiger partial charge on any atom is -0.459 e. The van der Waals surface area contributed by atoms with Crippen LogP contribution in [0.1, 0.15) is 21.7 Å². The molecule has 37 heavy (non-hydrogen) atoms. The van der Waals surface area contributed by atoms with Gasteiger partial charge in [-0.1, -0.05) is 18.2 Å². The summed E-state index contributed by atoms with van der Waals surface area (Å²) in [6.07, 6.45) is 1.42. The van der Waals surface area contributed by atoms with E-state index in [0.29, 0.717) is 16.9 Å². The molecule has 4 rings (SSSR count). The smallest absolute Gasteiger partial charge is 0.322 e. The molecule has 0 unspecified atom stereocenters. The zero-order valence-corrected chi connectivity index (χ0v) is 20.4. The first-order valence-electron chi connectivity index (χ1n) is 11.5. The third kappa shape index (κ3) is 6.72. The Balaban J connectivity index is 1.63. The van der Waals surface area contributed by atoms with Gasteiger partial charge in [0.15, 0.2) is 5.76 Å². The lowest BCUT2D eigenvalue weighted by molar-refractivity contribution is 0.0996. The Labute approximate surface area is 213 Å². The van der Waals surface area contributed by atoms with E-state index < -0.39 is 17.8 Å². The lowest BCUT2D eigenvalue weighted by atomic mass is 10.1. The summed E-state index contributed by atoms with van der Waals surface area (Å²) in [5, 5.41) is 5.53. The predicted molar refractivity (Wildman–Crippen MR) is 138 cm³/mol. The van der Waals surface area contributed by atoms with Gasteiger partial charge in [0.25, 0.3) is 5.91 Å². The second-order valence-corrected chi connectivity index (χ2v) is 8.59. The van der Waals surface area contributed by atoms with Crippen molar-refractivity contribution >= 4 is 29.0 Å². The van der Waals surface area contributed by atoms with Gasteiger partial charge in [0.2, 0.25) is 0 Å². The number of nitrogens with one attached hydrogen (secondary N) is 2. The molecule has 7 nitrogen and oxygen atoms in total. The molecule has 0 saturated carbocycles. The number of hydrogen-bond acceptors (Lipinski definition) is 4. The van der Waals surface area contributed by atoms with Gasteiger partial charge in [-0.05, 0) is 71.8 Å². The number of rotatable bonds is 8. The molecule has 0 atom stereocenters. The lowest BCUT2D eigenvalue weighted by Crippen LogP contribution is -2.34. The molecule has 3 aromatic carbocycles. The van der Waals surface area contributed by atoms with Crippen LogP contribution in [0, 0.1) is 11.6 Å². The molecule has 0 radical (unpaired) electrons. The molecule has 9 heteroatoms. The summed E-state index contributed by atoms with van der Waals surface area (Å²) in [5.41, 5.74) is 3.12. The zero-order chi connectivity index (χ0) is 26.4. The number of benzene rings is 3. The van der Waals surface area contributed by atoms with Crippen molar-refractivity contribution in [3.05, 3.63) is 114 Å². The third-order valence-electron chi connectivity index (χ3n) is 5.58. The highest BCUT2D eigenvalue weighted by atomic mass is 19.1. The summed E-state index contributed by atoms with van der Waals surface area (Å²) in [7, 11) is 3.74. The van der Waals surface area contributed by atoms with Gasteiger partial charge >= 0.3 is 6.03 Å². The Morgan fingerprint density at radius 1 is 0.811 bits per heavy atom. The first-order valence-corrected chi connectivity index (χ1v) is 11.5. The summed E-state index contributed by atoms with van der Waals surface area (Å²) in [5.74, 6) is -1.08. The number of halogens is 2. The Kier molecular flexibility index (Phi) is 7.83. The second-order valence-electron chi connectivity index (χ2n) is 8.59. The van der Waals surface area contributed by atoms with Gasteiger partial charge in [0, 0.05) is 44.2 Å². The zero-order valence-electron chi connectivity index (χ0n) is 20.4. The minimum absolute atomic E-state index is 0.149. The quantitative estimate of drug-likeness (QED) is 0.304. The molecule has 1 aromatic heterocycles. The average molecular weight is 505 g/mol. The Morgan fingerprint density at radius 2 is 1.57 bits per heavy atom. The lowest BCUT2D eigenvalue weighted by Gasteiger charge is -2.27. The van der Waals surface area contributed by atoms with E-state index in [1.54, 1.807) is 42.5 Å². The summed E-state index contributed by atoms with van der Waals surface area (Å²) >= 11 is 0. The minimum atomic E-state index is -0.474. The van der Waals surface area contributed by atoms with Crippen molar-refractivity contribution in [2.75, 3.05) is 29.6 Å². The maximum absolute atomic E-state index is 13.7. The van der Waals surface area contributed by atoms with E-state index in [4.69, 9.17) is 4.42 Å². The number of amides is 3. The van der Waals surface area contributed by atoms with Crippen LogP contribution in [0.2, 0.25) is 0 Å². The number of hydrogen-bond donors (Lipinski definition) is 2. The van der Waals surface area contributed by atoms with Crippen molar-refractivity contribution in [1.29, 1.82) is 0 Å². The third-order valence-corrected chi connectivity index (χ3v) is 5.58. The number of nitrogens with zero attached hydrogens (tertiary/aromatic N) is 2. The first-order chi connectivity index (χ1) is 17.8. The van der Waals surface area contributed by atoms with Gasteiger partial charge in [-0.25, -0.2) is 13.6 Å². The second kappa shape index (κ2) is 11.4. The molecule has 3 amide bonds. The highest BCUT2D eigenvalue weighted by Gasteiger charge is 2.19. The van der Waals surface area contributed by atoms with Gasteiger partial charge in [0.05, 0.1) is 6.26 Å². The van der Waals surface area contributed by atoms with E-state index >= 15 is 0 Å². The van der Waals surface area contributed by atoms with Crippen LogP contribution in [0.15, 0.2) is 89.5 Å². The topological polar surface area (TPSA) is 77.8 Å². The highest BCUT2D eigenvalue weighted by Crippen LogP contribution is 2.26. The van der Waals surface area contributed by atoms with Crippen molar-refractivity contribution in [2.24, 2.45) is 0 Å². The molecule has 4 aromatic rings. The normalized spacial score (nSPS) is 10.6. The Morgan fingerprint density at radius 3 is 2.24 bits per heavy atom. The molecule has 0 aliphatic rings. The van der Waals surface area contributed by atoms with E-state index in [0.717, 1.165) is 11.3 Å². The molecule has 0 fully saturated rings. The standard InChI is InChI=1S/C28H26F2N4O3/c1-33(2)25-13-12-24(31-27(35)26-7-4-14-37-26)15-20(25)18-34(17-19-8-10-21(29)11-9-19)28(36)32-23-6-3-5-22(30)16-23/h3-16H,17-18H2,1-2H3,(H,31,35)(H,32,36). The van der Waals surface area contributed by atoms with Crippen LogP contribution in [-0.4, -0.2) is 30.9 Å². The van der Waals surface area contributed by atoms with Gasteiger partial charge < -0.3 is 24.9 Å². The fraction of sp³-hybridized carbons (Fsp3) is 0.143. The van der Waals surface area contributed by atoms with E-state index in [9.17, 15) is 18.4 Å². The molecule has 0 aliphatic heterocycles. The van der Waals surface area contributed by atoms with Crippen LogP contribution in [0.25, 0.3) is 0 Å². The molecular weight excluding hydrogens is 478 g/mol. The fourth-order valence-corrected chi connectivity index (χ4v) is 3.81. The molecule has 0 saturated heterocycles. The van der Waals surface area contributed by atoms with E-state index in [2.05, 4.69) is 10.6 Å². The van der Waals surface area contributed by atoms with Crippen LogP contribution in [0.3, 0.4) is 0 Å². The number of urea groups is 1. The van der Waals surface area contributed by atoms with Crippen molar-refractivity contribution < 1.29 is 22.8 Å². The van der Waals surface area contributed by atoms with E-state index in [1.807, 2.05) is 25.1 Å². The van der Waals surface area contributed by atoms with Gasteiger partial charge in [-0.3, -0.25) is 4.79 Å². The molecule has 190 valence electrons. The van der Waals surface area contributed by atoms with Gasteiger partial charge in [-0.15, -0.1) is 0 Å². The number of carbonyl (C=O) groups is 2. The van der Waals surface area contributed by atoms with Crippen molar-refractivity contribution in [2.45, 2.75) is 13.1 Å². The molecule has 2 N–H and O–H groups in total.